The lowest BCUT2D eigenvalue weighted by atomic mass is 10.0. The van der Waals surface area contributed by atoms with Gasteiger partial charge in [-0.25, -0.2) is 0 Å². The van der Waals surface area contributed by atoms with E-state index < -0.39 is 6.04 Å². The molecule has 0 bridgehead atoms. The van der Waals surface area contributed by atoms with Crippen LogP contribution in [0.3, 0.4) is 0 Å². The Morgan fingerprint density at radius 3 is 2.66 bits per heavy atom. The molecule has 168 valence electrons. The van der Waals surface area contributed by atoms with Gasteiger partial charge in [0.1, 0.15) is 18.4 Å². The third-order valence-electron chi connectivity index (χ3n) is 6.18. The van der Waals surface area contributed by atoms with Crippen molar-refractivity contribution in [1.82, 2.24) is 15.1 Å². The summed E-state index contributed by atoms with van der Waals surface area (Å²) in [6.07, 6.45) is 0.624. The van der Waals surface area contributed by atoms with Gasteiger partial charge in [-0.15, -0.1) is 11.3 Å². The van der Waals surface area contributed by atoms with E-state index >= 15 is 0 Å². The van der Waals surface area contributed by atoms with Crippen LogP contribution in [0.1, 0.15) is 39.2 Å². The van der Waals surface area contributed by atoms with E-state index in [2.05, 4.69) is 22.3 Å². The molecule has 0 aliphatic carbocycles. The Morgan fingerprint density at radius 2 is 1.91 bits per heavy atom. The van der Waals surface area contributed by atoms with E-state index in [0.717, 1.165) is 49.7 Å². The highest BCUT2D eigenvalue weighted by molar-refractivity contribution is 7.12. The number of amides is 3. The number of rotatable bonds is 6. The van der Waals surface area contributed by atoms with E-state index in [1.807, 2.05) is 17.5 Å². The Balaban J connectivity index is 1.19. The molecule has 2 saturated heterocycles. The molecule has 5 rings (SSSR count). The van der Waals surface area contributed by atoms with Crippen molar-refractivity contribution in [2.75, 3.05) is 26.3 Å². The molecule has 1 N–H and O–H groups in total. The second-order valence-electron chi connectivity index (χ2n) is 8.29. The summed E-state index contributed by atoms with van der Waals surface area (Å²) in [5.74, 6) is -0.0299. The van der Waals surface area contributed by atoms with Crippen LogP contribution in [0, 0.1) is 0 Å². The molecule has 0 spiro atoms. The van der Waals surface area contributed by atoms with Crippen LogP contribution in [0.25, 0.3) is 0 Å². The molecular formula is C23H25N3O5S. The van der Waals surface area contributed by atoms with Gasteiger partial charge in [-0.05, 0) is 29.5 Å². The van der Waals surface area contributed by atoms with Gasteiger partial charge in [0, 0.05) is 43.7 Å². The average Bonchev–Trinajstić information content (AvgIpc) is 3.34. The predicted octanol–water partition coefficient (Wildman–Crippen LogP) is 1.92. The fourth-order valence-electron chi connectivity index (χ4n) is 4.37. The minimum atomic E-state index is -0.590. The third kappa shape index (κ3) is 4.28. The summed E-state index contributed by atoms with van der Waals surface area (Å²) in [5, 5.41) is 4.29. The van der Waals surface area contributed by atoms with Gasteiger partial charge in [-0.1, -0.05) is 12.1 Å². The number of nitrogens with one attached hydrogen (secondary N) is 1. The van der Waals surface area contributed by atoms with Crippen molar-refractivity contribution in [2.24, 2.45) is 0 Å². The maximum Gasteiger partial charge on any atom is 0.265 e. The molecule has 3 aliphatic heterocycles. The SMILES string of the molecule is O=C1CC[C@H](N2Cc3c(COc4ccc(CN5CCOCC5)cc4)csc3C2=O)C(=O)N1. The van der Waals surface area contributed by atoms with E-state index in [4.69, 9.17) is 9.47 Å². The third-order valence-corrected chi connectivity index (χ3v) is 7.24. The van der Waals surface area contributed by atoms with Crippen LogP contribution < -0.4 is 10.1 Å². The molecule has 32 heavy (non-hydrogen) atoms. The van der Waals surface area contributed by atoms with Crippen molar-refractivity contribution < 1.29 is 23.9 Å². The first-order chi connectivity index (χ1) is 15.6. The fraction of sp³-hybridized carbons (Fsp3) is 0.435. The van der Waals surface area contributed by atoms with Crippen molar-refractivity contribution in [3.05, 3.63) is 51.2 Å². The lowest BCUT2D eigenvalue weighted by Crippen LogP contribution is -2.52. The second-order valence-corrected chi connectivity index (χ2v) is 9.17. The number of imide groups is 1. The van der Waals surface area contributed by atoms with Crippen LogP contribution in [0.4, 0.5) is 0 Å². The molecule has 1 aromatic heterocycles. The van der Waals surface area contributed by atoms with Gasteiger partial charge >= 0.3 is 0 Å². The molecule has 2 fully saturated rings. The lowest BCUT2D eigenvalue weighted by molar-refractivity contribution is -0.136. The van der Waals surface area contributed by atoms with Gasteiger partial charge in [-0.3, -0.25) is 24.6 Å². The molecule has 1 aromatic carbocycles. The first-order valence-corrected chi connectivity index (χ1v) is 11.7. The van der Waals surface area contributed by atoms with Crippen LogP contribution in [-0.2, 0) is 34.0 Å². The summed E-state index contributed by atoms with van der Waals surface area (Å²) in [6.45, 7) is 5.13. The Labute approximate surface area is 190 Å². The first kappa shape index (κ1) is 21.1. The number of fused-ring (bicyclic) bond motifs is 1. The molecule has 0 saturated carbocycles. The number of morpholine rings is 1. The van der Waals surface area contributed by atoms with Crippen LogP contribution in [0.15, 0.2) is 29.6 Å². The molecule has 0 radical (unpaired) electrons. The van der Waals surface area contributed by atoms with Crippen molar-refractivity contribution in [2.45, 2.75) is 38.6 Å². The molecule has 0 unspecified atom stereocenters. The second kappa shape index (κ2) is 9.01. The maximum atomic E-state index is 12.8. The monoisotopic (exact) mass is 455 g/mol. The predicted molar refractivity (Wildman–Crippen MR) is 117 cm³/mol. The minimum absolute atomic E-state index is 0.141. The molecule has 4 heterocycles. The Hall–Kier alpha value is -2.75. The topological polar surface area (TPSA) is 88.2 Å². The standard InChI is InChI=1S/C23H25N3O5S/c27-20-6-5-19(22(28)24-20)26-12-18-16(14-32-21(18)23(26)29)13-31-17-3-1-15(2-4-17)11-25-7-9-30-10-8-25/h1-4,14,19H,5-13H2,(H,24,27,28)/t19-/m0/s1. The van der Waals surface area contributed by atoms with Gasteiger partial charge in [0.05, 0.1) is 18.1 Å². The summed E-state index contributed by atoms with van der Waals surface area (Å²) in [7, 11) is 0. The number of carbonyl (C=O) groups is 3. The quantitative estimate of drug-likeness (QED) is 0.670. The van der Waals surface area contributed by atoms with Gasteiger partial charge in [0.25, 0.3) is 5.91 Å². The van der Waals surface area contributed by atoms with Crippen LogP contribution >= 0.6 is 11.3 Å². The van der Waals surface area contributed by atoms with Gasteiger partial charge in [0.15, 0.2) is 0 Å². The van der Waals surface area contributed by atoms with Crippen molar-refractivity contribution >= 4 is 29.1 Å². The van der Waals surface area contributed by atoms with Gasteiger partial charge in [-0.2, -0.15) is 0 Å². The van der Waals surface area contributed by atoms with Gasteiger partial charge in [0.2, 0.25) is 11.8 Å². The Bertz CT molecular complexity index is 1030. The number of hydrogen-bond acceptors (Lipinski definition) is 7. The van der Waals surface area contributed by atoms with Crippen LogP contribution in [0.2, 0.25) is 0 Å². The van der Waals surface area contributed by atoms with Crippen LogP contribution in [-0.4, -0.2) is 59.9 Å². The van der Waals surface area contributed by atoms with E-state index in [-0.39, 0.29) is 24.1 Å². The largest absolute Gasteiger partial charge is 0.489 e. The maximum absolute atomic E-state index is 12.8. The van der Waals surface area contributed by atoms with E-state index in [1.165, 1.54) is 16.9 Å². The molecule has 1 atom stereocenters. The number of hydrogen-bond donors (Lipinski definition) is 1. The fourth-order valence-corrected chi connectivity index (χ4v) is 5.39. The van der Waals surface area contributed by atoms with Crippen LogP contribution in [0.5, 0.6) is 5.75 Å². The average molecular weight is 456 g/mol. The lowest BCUT2D eigenvalue weighted by Gasteiger charge is -2.29. The molecule has 3 aliphatic rings. The normalized spacial score (nSPS) is 21.6. The zero-order valence-electron chi connectivity index (χ0n) is 17.7. The molecule has 9 heteroatoms. The molecular weight excluding hydrogens is 430 g/mol. The number of ether oxygens (including phenoxy) is 2. The zero-order valence-corrected chi connectivity index (χ0v) is 18.5. The smallest absolute Gasteiger partial charge is 0.265 e. The van der Waals surface area contributed by atoms with Gasteiger partial charge < -0.3 is 14.4 Å². The summed E-state index contributed by atoms with van der Waals surface area (Å²) in [4.78, 5) is 41.1. The first-order valence-electron chi connectivity index (χ1n) is 10.8. The minimum Gasteiger partial charge on any atom is -0.489 e. The summed E-state index contributed by atoms with van der Waals surface area (Å²) in [6, 6.07) is 7.52. The van der Waals surface area contributed by atoms with E-state index in [9.17, 15) is 14.4 Å². The summed E-state index contributed by atoms with van der Waals surface area (Å²) >= 11 is 1.39. The highest BCUT2D eigenvalue weighted by atomic mass is 32.1. The number of thiophene rings is 1. The highest BCUT2D eigenvalue weighted by Crippen LogP contribution is 2.34. The number of nitrogens with zero attached hydrogens (tertiary/aromatic N) is 2. The van der Waals surface area contributed by atoms with Crippen molar-refractivity contribution in [3.8, 4) is 5.75 Å². The molecule has 2 aromatic rings. The number of benzene rings is 1. The van der Waals surface area contributed by atoms with E-state index in [0.29, 0.717) is 24.4 Å². The summed E-state index contributed by atoms with van der Waals surface area (Å²) < 4.78 is 11.4. The Kier molecular flexibility index (Phi) is 5.95. The summed E-state index contributed by atoms with van der Waals surface area (Å²) in [5.41, 5.74) is 3.13. The number of carbonyl (C=O) groups excluding carboxylic acids is 3. The number of piperidine rings is 1. The molecule has 3 amide bonds. The highest BCUT2D eigenvalue weighted by Gasteiger charge is 2.40. The molecule has 8 nitrogen and oxygen atoms in total. The van der Waals surface area contributed by atoms with Crippen molar-refractivity contribution in [3.63, 3.8) is 0 Å². The zero-order chi connectivity index (χ0) is 22.1. The Morgan fingerprint density at radius 1 is 1.12 bits per heavy atom. The van der Waals surface area contributed by atoms with E-state index in [1.54, 1.807) is 4.90 Å². The van der Waals surface area contributed by atoms with Crippen molar-refractivity contribution in [1.29, 1.82) is 0 Å².